The van der Waals surface area contributed by atoms with Crippen LogP contribution in [0.3, 0.4) is 0 Å². The molecule has 1 heterocycles. The predicted octanol–water partition coefficient (Wildman–Crippen LogP) is 3.41. The summed E-state index contributed by atoms with van der Waals surface area (Å²) in [4.78, 5) is 19.2. The van der Waals surface area contributed by atoms with Crippen molar-refractivity contribution in [2.45, 2.75) is 26.8 Å². The first kappa shape index (κ1) is 22.4. The topological polar surface area (TPSA) is 65.5 Å². The van der Waals surface area contributed by atoms with Crippen LogP contribution in [-0.2, 0) is 13.0 Å². The van der Waals surface area contributed by atoms with Gasteiger partial charge in [-0.3, -0.25) is 4.79 Å². The zero-order valence-corrected chi connectivity index (χ0v) is 18.4. The molecule has 0 spiro atoms. The van der Waals surface area contributed by atoms with E-state index in [2.05, 4.69) is 40.0 Å². The molecule has 0 radical (unpaired) electrons. The zero-order valence-electron chi connectivity index (χ0n) is 15.2. The van der Waals surface area contributed by atoms with E-state index in [-0.39, 0.29) is 29.9 Å². The molecule has 0 aliphatic rings. The smallest absolute Gasteiger partial charge is 0.251 e. The Balaban J connectivity index is 0.00000338. The number of rotatable bonds is 8. The summed E-state index contributed by atoms with van der Waals surface area (Å²) in [6, 6.07) is 13.5. The van der Waals surface area contributed by atoms with Crippen LogP contribution >= 0.6 is 35.3 Å². The maximum atomic E-state index is 12.0. The number of aliphatic imine (C=N–C) groups is 1. The number of hydrogen-bond acceptors (Lipinski definition) is 3. The third kappa shape index (κ3) is 7.74. The minimum absolute atomic E-state index is 0. The minimum atomic E-state index is -0.0602. The summed E-state index contributed by atoms with van der Waals surface area (Å²) in [5, 5.41) is 9.37. The number of amides is 1. The number of nitrogens with one attached hydrogen (secondary N) is 3. The lowest BCUT2D eigenvalue weighted by molar-refractivity contribution is 0.0954. The normalized spacial score (nSPS) is 10.8. The van der Waals surface area contributed by atoms with Crippen LogP contribution < -0.4 is 16.0 Å². The van der Waals surface area contributed by atoms with Crippen molar-refractivity contribution in [3.05, 3.63) is 57.8 Å². The minimum Gasteiger partial charge on any atom is -0.357 e. The Hall–Kier alpha value is -1.61. The van der Waals surface area contributed by atoms with Gasteiger partial charge >= 0.3 is 0 Å². The van der Waals surface area contributed by atoms with Gasteiger partial charge in [-0.2, -0.15) is 0 Å². The molecular formula is C19H27IN4OS. The molecule has 26 heavy (non-hydrogen) atoms. The standard InChI is InChI=1S/C19H26N4OS.HI/c1-3-16-10-11-17(25-16)14-23-19(20-4-2)22-13-12-21-18(24)15-8-6-5-7-9-15;/h5-11H,3-4,12-14H2,1-2H3,(H,21,24)(H2,20,22,23);1H. The van der Waals surface area contributed by atoms with Gasteiger partial charge < -0.3 is 16.0 Å². The molecule has 1 aromatic carbocycles. The molecule has 0 aliphatic heterocycles. The average Bonchev–Trinajstić information content (AvgIpc) is 3.11. The van der Waals surface area contributed by atoms with Gasteiger partial charge in [-0.05, 0) is 37.6 Å². The maximum Gasteiger partial charge on any atom is 0.251 e. The fourth-order valence-electron chi connectivity index (χ4n) is 2.24. The van der Waals surface area contributed by atoms with Crippen LogP contribution in [0.1, 0.15) is 34.0 Å². The highest BCUT2D eigenvalue weighted by Gasteiger charge is 2.04. The summed E-state index contributed by atoms with van der Waals surface area (Å²) in [5.74, 6) is 0.706. The Morgan fingerprint density at radius 1 is 0.962 bits per heavy atom. The molecule has 0 aliphatic carbocycles. The predicted molar refractivity (Wildman–Crippen MR) is 121 cm³/mol. The van der Waals surface area contributed by atoms with E-state index < -0.39 is 0 Å². The lowest BCUT2D eigenvalue weighted by Gasteiger charge is -2.11. The number of guanidine groups is 1. The van der Waals surface area contributed by atoms with Crippen LogP contribution in [0, 0.1) is 0 Å². The molecule has 0 saturated heterocycles. The van der Waals surface area contributed by atoms with Gasteiger partial charge in [-0.15, -0.1) is 35.3 Å². The summed E-state index contributed by atoms with van der Waals surface area (Å²) < 4.78 is 0. The average molecular weight is 486 g/mol. The molecule has 0 bridgehead atoms. The van der Waals surface area contributed by atoms with Crippen LogP contribution in [0.25, 0.3) is 0 Å². The van der Waals surface area contributed by atoms with Gasteiger partial charge in [0.05, 0.1) is 6.54 Å². The molecule has 0 fully saturated rings. The van der Waals surface area contributed by atoms with Crippen molar-refractivity contribution < 1.29 is 4.79 Å². The summed E-state index contributed by atoms with van der Waals surface area (Å²) in [5.41, 5.74) is 0.674. The molecule has 142 valence electrons. The van der Waals surface area contributed by atoms with Gasteiger partial charge in [-0.25, -0.2) is 4.99 Å². The van der Waals surface area contributed by atoms with Crippen LogP contribution in [0.15, 0.2) is 47.5 Å². The van der Waals surface area contributed by atoms with E-state index >= 15 is 0 Å². The number of carbonyl (C=O) groups is 1. The lowest BCUT2D eigenvalue weighted by atomic mass is 10.2. The number of halogens is 1. The van der Waals surface area contributed by atoms with Gasteiger partial charge in [-0.1, -0.05) is 25.1 Å². The van der Waals surface area contributed by atoms with E-state index in [0.29, 0.717) is 25.2 Å². The molecule has 7 heteroatoms. The SMILES string of the molecule is CCNC(=NCc1ccc(CC)s1)NCCNC(=O)c1ccccc1.I. The Kier molecular flexibility index (Phi) is 11.0. The van der Waals surface area contributed by atoms with E-state index in [1.807, 2.05) is 25.1 Å². The third-order valence-corrected chi connectivity index (χ3v) is 4.76. The van der Waals surface area contributed by atoms with Crippen molar-refractivity contribution in [3.8, 4) is 0 Å². The fraction of sp³-hybridized carbons (Fsp3) is 0.368. The van der Waals surface area contributed by atoms with Crippen LogP contribution in [0.5, 0.6) is 0 Å². The molecule has 1 aromatic heterocycles. The first-order valence-corrected chi connectivity index (χ1v) is 9.47. The van der Waals surface area contributed by atoms with Crippen LogP contribution in [0.4, 0.5) is 0 Å². The first-order chi connectivity index (χ1) is 12.2. The highest BCUT2D eigenvalue weighted by molar-refractivity contribution is 14.0. The first-order valence-electron chi connectivity index (χ1n) is 8.66. The van der Waals surface area contributed by atoms with Crippen molar-refractivity contribution in [2.24, 2.45) is 4.99 Å². The Bertz CT molecular complexity index is 688. The molecule has 0 unspecified atom stereocenters. The van der Waals surface area contributed by atoms with E-state index in [0.717, 1.165) is 18.9 Å². The number of aryl methyl sites for hydroxylation is 1. The largest absolute Gasteiger partial charge is 0.357 e. The van der Waals surface area contributed by atoms with Gasteiger partial charge in [0.25, 0.3) is 5.91 Å². The zero-order chi connectivity index (χ0) is 17.9. The molecule has 5 nitrogen and oxygen atoms in total. The number of nitrogens with zero attached hydrogens (tertiary/aromatic N) is 1. The second kappa shape index (κ2) is 12.7. The van der Waals surface area contributed by atoms with E-state index in [9.17, 15) is 4.79 Å². The van der Waals surface area contributed by atoms with E-state index in [1.54, 1.807) is 23.5 Å². The molecule has 2 aromatic rings. The van der Waals surface area contributed by atoms with Crippen molar-refractivity contribution in [1.82, 2.24) is 16.0 Å². The summed E-state index contributed by atoms with van der Waals surface area (Å²) in [6.45, 7) is 6.82. The highest BCUT2D eigenvalue weighted by Crippen LogP contribution is 2.17. The number of carbonyl (C=O) groups excluding carboxylic acids is 1. The number of hydrogen-bond donors (Lipinski definition) is 3. The molecular weight excluding hydrogens is 459 g/mol. The summed E-state index contributed by atoms with van der Waals surface area (Å²) >= 11 is 1.80. The summed E-state index contributed by atoms with van der Waals surface area (Å²) in [6.07, 6.45) is 1.06. The Morgan fingerprint density at radius 3 is 2.31 bits per heavy atom. The number of thiophene rings is 1. The molecule has 1 amide bonds. The second-order valence-corrected chi connectivity index (χ2v) is 6.72. The number of benzene rings is 1. The van der Waals surface area contributed by atoms with Gasteiger partial charge in [0.2, 0.25) is 0 Å². The van der Waals surface area contributed by atoms with Gasteiger partial charge in [0.15, 0.2) is 5.96 Å². The molecule has 2 rings (SSSR count). The van der Waals surface area contributed by atoms with Crippen molar-refractivity contribution in [2.75, 3.05) is 19.6 Å². The van der Waals surface area contributed by atoms with Gasteiger partial charge in [0, 0.05) is 35.0 Å². The lowest BCUT2D eigenvalue weighted by Crippen LogP contribution is -2.41. The van der Waals surface area contributed by atoms with Crippen LogP contribution in [0.2, 0.25) is 0 Å². The highest BCUT2D eigenvalue weighted by atomic mass is 127. The van der Waals surface area contributed by atoms with Crippen molar-refractivity contribution >= 4 is 47.2 Å². The van der Waals surface area contributed by atoms with Crippen molar-refractivity contribution in [3.63, 3.8) is 0 Å². The van der Waals surface area contributed by atoms with Gasteiger partial charge in [0.1, 0.15) is 0 Å². The summed E-state index contributed by atoms with van der Waals surface area (Å²) in [7, 11) is 0. The third-order valence-electron chi connectivity index (χ3n) is 3.54. The quantitative estimate of drug-likeness (QED) is 0.232. The monoisotopic (exact) mass is 486 g/mol. The Labute approximate surface area is 176 Å². The molecule has 3 N–H and O–H groups in total. The molecule has 0 atom stereocenters. The maximum absolute atomic E-state index is 12.0. The fourth-order valence-corrected chi connectivity index (χ4v) is 3.13. The van der Waals surface area contributed by atoms with E-state index in [1.165, 1.54) is 9.75 Å². The van der Waals surface area contributed by atoms with Crippen LogP contribution in [-0.4, -0.2) is 31.5 Å². The molecule has 0 saturated carbocycles. The Morgan fingerprint density at radius 2 is 1.65 bits per heavy atom. The van der Waals surface area contributed by atoms with Crippen molar-refractivity contribution in [1.29, 1.82) is 0 Å². The second-order valence-electron chi connectivity index (χ2n) is 5.47. The van der Waals surface area contributed by atoms with E-state index in [4.69, 9.17) is 0 Å².